The van der Waals surface area contributed by atoms with Gasteiger partial charge in [-0.05, 0) is 102 Å². The molecule has 1 saturated heterocycles. The van der Waals surface area contributed by atoms with E-state index in [9.17, 15) is 9.00 Å². The van der Waals surface area contributed by atoms with Crippen LogP contribution >= 0.6 is 0 Å². The number of carbonyl (C=O) groups is 1. The van der Waals surface area contributed by atoms with E-state index in [1.807, 2.05) is 31.2 Å². The normalized spacial score (nSPS) is 22.3. The lowest BCUT2D eigenvalue weighted by atomic mass is 9.63. The molecule has 2 aromatic rings. The number of rotatable bonds is 8. The fourth-order valence-electron chi connectivity index (χ4n) is 6.10. The van der Waals surface area contributed by atoms with Gasteiger partial charge in [0.25, 0.3) is 0 Å². The van der Waals surface area contributed by atoms with Gasteiger partial charge in [0.15, 0.2) is 0 Å². The van der Waals surface area contributed by atoms with E-state index in [1.54, 1.807) is 6.20 Å². The molecule has 0 radical (unpaired) electrons. The predicted molar refractivity (Wildman–Crippen MR) is 156 cm³/mol. The van der Waals surface area contributed by atoms with Crippen LogP contribution in [0.3, 0.4) is 0 Å². The van der Waals surface area contributed by atoms with Gasteiger partial charge in [0.2, 0.25) is 11.9 Å². The number of fused-ring (bicyclic) bond motifs is 2. The van der Waals surface area contributed by atoms with Crippen molar-refractivity contribution >= 4 is 34.2 Å². The van der Waals surface area contributed by atoms with E-state index in [0.29, 0.717) is 17.2 Å². The standard InChI is InChI=1S/C23H27N5O2S.C7H16O/c1-28-10-8-22(9-11-28)12-17(13-22)31(30)16-4-2-15(3-5-16)25-21-24-14-18-19(27-21)26-20(29)23(18)6-7-23;1-3-4-5-6-7(2)8/h2-5,14,17H,6-13H2,1H3,(H2,24,25,26,27,29);7-8H,3-6H2,1-2H3. The second-order valence-electron chi connectivity index (χ2n) is 12.1. The molecule has 2 spiro atoms. The number of anilines is 3. The SMILES string of the molecule is CCCCCC(C)O.CN1CCC2(CC1)CC(S(=O)c1ccc(Nc3ncc4c(n3)NC(=O)C43CC3)cc1)C2. The number of piperidine rings is 1. The number of hydrogen-bond acceptors (Lipinski definition) is 7. The highest BCUT2D eigenvalue weighted by Gasteiger charge is 2.57. The van der Waals surface area contributed by atoms with Gasteiger partial charge in [-0.25, -0.2) is 4.98 Å². The minimum Gasteiger partial charge on any atom is -0.393 e. The van der Waals surface area contributed by atoms with Crippen molar-refractivity contribution in [1.82, 2.24) is 14.9 Å². The summed E-state index contributed by atoms with van der Waals surface area (Å²) >= 11 is 0. The van der Waals surface area contributed by atoms with Gasteiger partial charge >= 0.3 is 0 Å². The molecule has 1 aromatic heterocycles. The van der Waals surface area contributed by atoms with Crippen LogP contribution in [0.2, 0.25) is 0 Å². The molecule has 3 N–H and O–H groups in total. The number of nitrogens with zero attached hydrogens (tertiary/aromatic N) is 3. The number of likely N-dealkylation sites (tertiary alicyclic amines) is 1. The lowest BCUT2D eigenvalue weighted by Gasteiger charge is -2.51. The summed E-state index contributed by atoms with van der Waals surface area (Å²) in [4.78, 5) is 24.3. The summed E-state index contributed by atoms with van der Waals surface area (Å²) in [5.74, 6) is 1.11. The molecule has 2 aliphatic carbocycles. The zero-order valence-electron chi connectivity index (χ0n) is 23.5. The second-order valence-corrected chi connectivity index (χ2v) is 13.9. The van der Waals surface area contributed by atoms with E-state index in [2.05, 4.69) is 39.5 Å². The zero-order valence-corrected chi connectivity index (χ0v) is 24.4. The van der Waals surface area contributed by atoms with Crippen molar-refractivity contribution in [2.24, 2.45) is 5.41 Å². The van der Waals surface area contributed by atoms with Gasteiger partial charge in [-0.3, -0.25) is 9.00 Å². The Labute approximate surface area is 234 Å². The summed E-state index contributed by atoms with van der Waals surface area (Å²) in [6, 6.07) is 7.72. The molecule has 3 heterocycles. The first-order valence-electron chi connectivity index (χ1n) is 14.6. The van der Waals surface area contributed by atoms with Crippen LogP contribution in [0.4, 0.5) is 17.5 Å². The molecule has 1 aromatic carbocycles. The fourth-order valence-corrected chi connectivity index (χ4v) is 7.90. The van der Waals surface area contributed by atoms with Gasteiger partial charge in [0.05, 0.1) is 22.3 Å². The van der Waals surface area contributed by atoms with Crippen molar-refractivity contribution in [2.45, 2.75) is 99.7 Å². The van der Waals surface area contributed by atoms with Crippen LogP contribution in [0.15, 0.2) is 35.4 Å². The molecular formula is C30H43N5O3S. The summed E-state index contributed by atoms with van der Waals surface area (Å²) in [7, 11) is 1.23. The molecule has 8 nitrogen and oxygen atoms in total. The van der Waals surface area contributed by atoms with Gasteiger partial charge in [0.1, 0.15) is 5.82 Å². The van der Waals surface area contributed by atoms with Crippen LogP contribution in [0.1, 0.15) is 83.6 Å². The van der Waals surface area contributed by atoms with E-state index in [0.717, 1.165) is 61.3 Å². The van der Waals surface area contributed by atoms with Crippen molar-refractivity contribution in [3.63, 3.8) is 0 Å². The molecular weight excluding hydrogens is 510 g/mol. The van der Waals surface area contributed by atoms with E-state index >= 15 is 0 Å². The third-order valence-corrected chi connectivity index (χ3v) is 10.6. The Kier molecular flexibility index (Phi) is 8.40. The van der Waals surface area contributed by atoms with Crippen molar-refractivity contribution in [2.75, 3.05) is 30.8 Å². The molecule has 6 rings (SSSR count). The van der Waals surface area contributed by atoms with Crippen LogP contribution in [0.25, 0.3) is 0 Å². The third-order valence-electron chi connectivity index (χ3n) is 8.96. The maximum atomic E-state index is 13.0. The molecule has 3 fully saturated rings. The van der Waals surface area contributed by atoms with Crippen molar-refractivity contribution in [3.05, 3.63) is 36.0 Å². The summed E-state index contributed by atoms with van der Waals surface area (Å²) in [6.07, 6.45) is 12.7. The minimum atomic E-state index is -0.958. The quantitative estimate of drug-likeness (QED) is 0.389. The average molecular weight is 554 g/mol. The molecule has 2 saturated carbocycles. The first kappa shape index (κ1) is 28.2. The number of aliphatic hydroxyl groups excluding tert-OH is 1. The Morgan fingerprint density at radius 3 is 2.46 bits per heavy atom. The van der Waals surface area contributed by atoms with Gasteiger partial charge in [-0.15, -0.1) is 0 Å². The van der Waals surface area contributed by atoms with E-state index in [-0.39, 0.29) is 22.7 Å². The molecule has 1 amide bonds. The number of unbranched alkanes of at least 4 members (excludes halogenated alkanes) is 2. The topological polar surface area (TPSA) is 107 Å². The number of aliphatic hydroxyl groups is 1. The average Bonchev–Trinajstić information content (AvgIpc) is 3.66. The highest BCUT2D eigenvalue weighted by Crippen LogP contribution is 2.54. The maximum Gasteiger partial charge on any atom is 0.236 e. The molecule has 212 valence electrons. The summed E-state index contributed by atoms with van der Waals surface area (Å²) < 4.78 is 13.0. The molecule has 2 unspecified atom stereocenters. The summed E-state index contributed by atoms with van der Waals surface area (Å²) in [5, 5.41) is 15.1. The first-order valence-corrected chi connectivity index (χ1v) is 15.8. The Bertz CT molecular complexity index is 1180. The monoisotopic (exact) mass is 553 g/mol. The number of benzene rings is 1. The maximum absolute atomic E-state index is 13.0. The van der Waals surface area contributed by atoms with Crippen molar-refractivity contribution in [3.8, 4) is 0 Å². The number of amides is 1. The Morgan fingerprint density at radius 1 is 1.15 bits per heavy atom. The molecule has 2 aliphatic heterocycles. The molecule has 2 atom stereocenters. The van der Waals surface area contributed by atoms with Crippen LogP contribution < -0.4 is 10.6 Å². The van der Waals surface area contributed by atoms with E-state index < -0.39 is 10.8 Å². The van der Waals surface area contributed by atoms with Gasteiger partial charge < -0.3 is 20.6 Å². The van der Waals surface area contributed by atoms with Crippen molar-refractivity contribution < 1.29 is 14.1 Å². The summed E-state index contributed by atoms with van der Waals surface area (Å²) in [6.45, 7) is 6.34. The lowest BCUT2D eigenvalue weighted by Crippen LogP contribution is -2.49. The lowest BCUT2D eigenvalue weighted by molar-refractivity contribution is -0.117. The van der Waals surface area contributed by atoms with E-state index in [4.69, 9.17) is 5.11 Å². The van der Waals surface area contributed by atoms with Crippen LogP contribution in [0, 0.1) is 5.41 Å². The number of nitrogens with one attached hydrogen (secondary N) is 2. The number of aromatic nitrogens is 2. The number of carbonyl (C=O) groups excluding carboxylic acids is 1. The van der Waals surface area contributed by atoms with Crippen LogP contribution in [0.5, 0.6) is 0 Å². The first-order chi connectivity index (χ1) is 18.7. The third kappa shape index (κ3) is 6.20. The van der Waals surface area contributed by atoms with Gasteiger partial charge in [0, 0.05) is 27.6 Å². The molecule has 0 bridgehead atoms. The minimum absolute atomic E-state index is 0.0406. The highest BCUT2D eigenvalue weighted by atomic mass is 32.2. The number of hydrogen-bond donors (Lipinski definition) is 3. The molecule has 9 heteroatoms. The van der Waals surface area contributed by atoms with Crippen LogP contribution in [-0.4, -0.2) is 61.6 Å². The van der Waals surface area contributed by atoms with E-state index in [1.165, 1.54) is 32.1 Å². The highest BCUT2D eigenvalue weighted by molar-refractivity contribution is 7.85. The second kappa shape index (κ2) is 11.6. The molecule has 39 heavy (non-hydrogen) atoms. The predicted octanol–water partition coefficient (Wildman–Crippen LogP) is 5.13. The Hall–Kier alpha value is -2.36. The fraction of sp³-hybridized carbons (Fsp3) is 0.633. The van der Waals surface area contributed by atoms with Crippen LogP contribution in [-0.2, 0) is 21.0 Å². The Morgan fingerprint density at radius 2 is 1.85 bits per heavy atom. The molecule has 4 aliphatic rings. The largest absolute Gasteiger partial charge is 0.393 e. The van der Waals surface area contributed by atoms with Gasteiger partial charge in [-0.1, -0.05) is 26.2 Å². The zero-order chi connectivity index (χ0) is 27.6. The summed E-state index contributed by atoms with van der Waals surface area (Å²) in [5.41, 5.74) is 1.82. The van der Waals surface area contributed by atoms with Gasteiger partial charge in [-0.2, -0.15) is 4.98 Å². The van der Waals surface area contributed by atoms with Crippen molar-refractivity contribution in [1.29, 1.82) is 0 Å². The smallest absolute Gasteiger partial charge is 0.236 e. The Balaban J connectivity index is 0.000000339.